The van der Waals surface area contributed by atoms with Gasteiger partial charge in [-0.2, -0.15) is 5.10 Å². The molecular weight excluding hydrogens is 236 g/mol. The van der Waals surface area contributed by atoms with Crippen LogP contribution in [0.4, 0.5) is 0 Å². The maximum atomic E-state index is 4.42. The molecule has 1 saturated heterocycles. The molecule has 0 aliphatic carbocycles. The van der Waals surface area contributed by atoms with Crippen LogP contribution >= 0.6 is 0 Å². The van der Waals surface area contributed by atoms with E-state index < -0.39 is 0 Å². The summed E-state index contributed by atoms with van der Waals surface area (Å²) >= 11 is 0. The molecule has 2 atom stereocenters. The summed E-state index contributed by atoms with van der Waals surface area (Å²) in [5.74, 6) is 0.781. The van der Waals surface area contributed by atoms with Crippen molar-refractivity contribution in [2.45, 2.75) is 45.7 Å². The summed E-state index contributed by atoms with van der Waals surface area (Å²) in [5, 5.41) is 8.06. The Morgan fingerprint density at radius 3 is 3.05 bits per heavy atom. The second kappa shape index (κ2) is 7.06. The van der Waals surface area contributed by atoms with Crippen molar-refractivity contribution in [1.82, 2.24) is 20.0 Å². The van der Waals surface area contributed by atoms with E-state index in [4.69, 9.17) is 0 Å². The second-order valence-corrected chi connectivity index (χ2v) is 5.85. The summed E-state index contributed by atoms with van der Waals surface area (Å²) in [4.78, 5) is 2.62. The Morgan fingerprint density at radius 2 is 2.37 bits per heavy atom. The normalized spacial score (nSPS) is 22.6. The largest absolute Gasteiger partial charge is 0.308 e. The van der Waals surface area contributed by atoms with Crippen LogP contribution in [0.3, 0.4) is 0 Å². The molecule has 0 saturated carbocycles. The zero-order valence-electron chi connectivity index (χ0n) is 12.6. The Balaban J connectivity index is 1.77. The molecule has 2 heterocycles. The molecule has 0 spiro atoms. The minimum Gasteiger partial charge on any atom is -0.308 e. The molecule has 0 bridgehead atoms. The fourth-order valence-electron chi connectivity index (χ4n) is 3.01. The van der Waals surface area contributed by atoms with E-state index in [0.717, 1.165) is 18.2 Å². The Labute approximate surface area is 117 Å². The summed E-state index contributed by atoms with van der Waals surface area (Å²) in [6, 6.07) is 2.66. The van der Waals surface area contributed by atoms with E-state index in [9.17, 15) is 0 Å². The van der Waals surface area contributed by atoms with Crippen LogP contribution in [0.1, 0.15) is 38.8 Å². The van der Waals surface area contributed by atoms with Gasteiger partial charge < -0.3 is 10.2 Å². The zero-order valence-corrected chi connectivity index (χ0v) is 12.6. The number of likely N-dealkylation sites (tertiary alicyclic amines) is 1. The molecule has 1 aliphatic heterocycles. The summed E-state index contributed by atoms with van der Waals surface area (Å²) in [6.07, 6.45) is 5.98. The van der Waals surface area contributed by atoms with Crippen LogP contribution in [-0.2, 0) is 13.6 Å². The second-order valence-electron chi connectivity index (χ2n) is 5.85. The van der Waals surface area contributed by atoms with E-state index in [1.165, 1.54) is 38.9 Å². The lowest BCUT2D eigenvalue weighted by molar-refractivity contribution is 0.150. The lowest BCUT2D eigenvalue weighted by Crippen LogP contribution is -2.44. The number of aryl methyl sites for hydroxylation is 1. The van der Waals surface area contributed by atoms with Crippen LogP contribution in [0.25, 0.3) is 0 Å². The third-order valence-electron chi connectivity index (χ3n) is 4.16. The molecule has 0 radical (unpaired) electrons. The Morgan fingerprint density at radius 1 is 1.53 bits per heavy atom. The van der Waals surface area contributed by atoms with Gasteiger partial charge in [0.05, 0.1) is 5.69 Å². The van der Waals surface area contributed by atoms with Gasteiger partial charge in [0.1, 0.15) is 0 Å². The van der Waals surface area contributed by atoms with Gasteiger partial charge in [0, 0.05) is 32.4 Å². The van der Waals surface area contributed by atoms with Gasteiger partial charge in [-0.25, -0.2) is 0 Å². The van der Waals surface area contributed by atoms with Crippen molar-refractivity contribution in [3.8, 4) is 0 Å². The van der Waals surface area contributed by atoms with Gasteiger partial charge in [-0.15, -0.1) is 0 Å². The average molecular weight is 264 g/mol. The predicted molar refractivity (Wildman–Crippen MR) is 79.0 cm³/mol. The van der Waals surface area contributed by atoms with Gasteiger partial charge in [-0.1, -0.05) is 6.92 Å². The van der Waals surface area contributed by atoms with Crippen LogP contribution < -0.4 is 5.32 Å². The van der Waals surface area contributed by atoms with Gasteiger partial charge in [-0.05, 0) is 51.3 Å². The van der Waals surface area contributed by atoms with Crippen LogP contribution in [0.5, 0.6) is 0 Å². The lowest BCUT2D eigenvalue weighted by Gasteiger charge is -2.36. The zero-order chi connectivity index (χ0) is 13.7. The molecule has 0 aromatic carbocycles. The Bertz CT molecular complexity index is 372. The van der Waals surface area contributed by atoms with Gasteiger partial charge in [0.25, 0.3) is 0 Å². The SMILES string of the molecule is CCCN1CCCC(C(C)NCc2ccn(C)n2)C1. The van der Waals surface area contributed by atoms with Gasteiger partial charge in [-0.3, -0.25) is 4.68 Å². The number of nitrogens with one attached hydrogen (secondary N) is 1. The molecule has 0 amide bonds. The van der Waals surface area contributed by atoms with Crippen molar-refractivity contribution in [2.24, 2.45) is 13.0 Å². The highest BCUT2D eigenvalue weighted by atomic mass is 15.3. The highest BCUT2D eigenvalue weighted by Gasteiger charge is 2.23. The average Bonchev–Trinajstić information content (AvgIpc) is 2.82. The molecule has 1 aliphatic rings. The van der Waals surface area contributed by atoms with Gasteiger partial charge in [0.2, 0.25) is 0 Å². The number of hydrogen-bond donors (Lipinski definition) is 1. The fraction of sp³-hybridized carbons (Fsp3) is 0.800. The van der Waals surface area contributed by atoms with E-state index in [1.54, 1.807) is 0 Å². The van der Waals surface area contributed by atoms with E-state index in [0.29, 0.717) is 6.04 Å². The summed E-state index contributed by atoms with van der Waals surface area (Å²) in [6.45, 7) is 9.27. The lowest BCUT2D eigenvalue weighted by atomic mass is 9.91. The number of aromatic nitrogens is 2. The number of nitrogens with zero attached hydrogens (tertiary/aromatic N) is 3. The molecule has 1 N–H and O–H groups in total. The molecule has 1 aromatic rings. The van der Waals surface area contributed by atoms with Crippen molar-refractivity contribution >= 4 is 0 Å². The first-order chi connectivity index (χ1) is 9.19. The minimum absolute atomic E-state index is 0.571. The molecule has 4 nitrogen and oxygen atoms in total. The monoisotopic (exact) mass is 264 g/mol. The van der Waals surface area contributed by atoms with Crippen molar-refractivity contribution in [3.63, 3.8) is 0 Å². The summed E-state index contributed by atoms with van der Waals surface area (Å²) in [5.41, 5.74) is 1.13. The quantitative estimate of drug-likeness (QED) is 0.853. The molecule has 19 heavy (non-hydrogen) atoms. The van der Waals surface area contributed by atoms with Crippen LogP contribution in [-0.4, -0.2) is 40.4 Å². The first kappa shape index (κ1) is 14.5. The van der Waals surface area contributed by atoms with Crippen molar-refractivity contribution < 1.29 is 0 Å². The van der Waals surface area contributed by atoms with Crippen LogP contribution in [0.2, 0.25) is 0 Å². The Kier molecular flexibility index (Phi) is 5.40. The molecule has 4 heteroatoms. The minimum atomic E-state index is 0.571. The molecule has 108 valence electrons. The first-order valence-corrected chi connectivity index (χ1v) is 7.63. The molecule has 1 fully saturated rings. The van der Waals surface area contributed by atoms with E-state index in [1.807, 2.05) is 17.9 Å². The third kappa shape index (κ3) is 4.32. The molecule has 2 unspecified atom stereocenters. The maximum Gasteiger partial charge on any atom is 0.0762 e. The standard InChI is InChI=1S/C15H28N4/c1-4-8-19-9-5-6-14(12-19)13(2)16-11-15-7-10-18(3)17-15/h7,10,13-14,16H,4-6,8-9,11-12H2,1-3H3. The van der Waals surface area contributed by atoms with E-state index in [2.05, 4.69) is 35.2 Å². The van der Waals surface area contributed by atoms with Crippen molar-refractivity contribution in [3.05, 3.63) is 18.0 Å². The highest BCUT2D eigenvalue weighted by Crippen LogP contribution is 2.20. The van der Waals surface area contributed by atoms with Gasteiger partial charge >= 0.3 is 0 Å². The smallest absolute Gasteiger partial charge is 0.0762 e. The topological polar surface area (TPSA) is 33.1 Å². The maximum absolute atomic E-state index is 4.42. The molecule has 2 rings (SSSR count). The fourth-order valence-corrected chi connectivity index (χ4v) is 3.01. The van der Waals surface area contributed by atoms with Crippen molar-refractivity contribution in [1.29, 1.82) is 0 Å². The first-order valence-electron chi connectivity index (χ1n) is 7.63. The van der Waals surface area contributed by atoms with Crippen molar-refractivity contribution in [2.75, 3.05) is 19.6 Å². The van der Waals surface area contributed by atoms with Crippen LogP contribution in [0.15, 0.2) is 12.3 Å². The summed E-state index contributed by atoms with van der Waals surface area (Å²) < 4.78 is 1.87. The van der Waals surface area contributed by atoms with Crippen LogP contribution in [0, 0.1) is 5.92 Å². The predicted octanol–water partition coefficient (Wildman–Crippen LogP) is 2.02. The summed E-state index contributed by atoms with van der Waals surface area (Å²) in [7, 11) is 1.97. The van der Waals surface area contributed by atoms with E-state index >= 15 is 0 Å². The molecular formula is C15H28N4. The number of hydrogen-bond acceptors (Lipinski definition) is 3. The number of piperidine rings is 1. The van der Waals surface area contributed by atoms with E-state index in [-0.39, 0.29) is 0 Å². The highest BCUT2D eigenvalue weighted by molar-refractivity contribution is 4.98. The van der Waals surface area contributed by atoms with Gasteiger partial charge in [0.15, 0.2) is 0 Å². The Hall–Kier alpha value is -0.870. The number of rotatable bonds is 6. The third-order valence-corrected chi connectivity index (χ3v) is 4.16. The molecule has 1 aromatic heterocycles.